The molecule has 0 atom stereocenters. The standard InChI is InChI=1S/C31H24O8/c1-4-28(32)36-24-12-6-22(7-13-24)10-18-30(34)38-26-16-17-27(21(3)20-26)39-31(35)19-11-23-8-14-25(15-9-23)37-29(33)5-2/h4-20H,1-2H2,3H3/b18-10+,19-11+. The fourth-order valence-corrected chi connectivity index (χ4v) is 3.03. The van der Waals surface area contributed by atoms with Crippen molar-refractivity contribution in [2.45, 2.75) is 6.92 Å². The summed E-state index contributed by atoms with van der Waals surface area (Å²) in [4.78, 5) is 46.9. The van der Waals surface area contributed by atoms with Crippen LogP contribution in [-0.2, 0) is 19.2 Å². The second-order valence-corrected chi connectivity index (χ2v) is 7.82. The van der Waals surface area contributed by atoms with Crippen LogP contribution in [0.2, 0.25) is 0 Å². The van der Waals surface area contributed by atoms with Gasteiger partial charge in [0.25, 0.3) is 0 Å². The molecule has 3 aromatic rings. The van der Waals surface area contributed by atoms with Gasteiger partial charge in [-0.3, -0.25) is 0 Å². The van der Waals surface area contributed by atoms with Crippen molar-refractivity contribution >= 4 is 36.0 Å². The van der Waals surface area contributed by atoms with Gasteiger partial charge in [-0.2, -0.15) is 0 Å². The summed E-state index contributed by atoms with van der Waals surface area (Å²) < 4.78 is 20.7. The number of aryl methyl sites for hydroxylation is 1. The van der Waals surface area contributed by atoms with Gasteiger partial charge >= 0.3 is 23.9 Å². The number of hydrogen-bond acceptors (Lipinski definition) is 8. The van der Waals surface area contributed by atoms with Gasteiger partial charge in [0.15, 0.2) is 0 Å². The Kier molecular flexibility index (Phi) is 9.87. The molecular weight excluding hydrogens is 500 g/mol. The molecule has 8 heteroatoms. The Bertz CT molecular complexity index is 1440. The van der Waals surface area contributed by atoms with Crippen molar-refractivity contribution in [1.82, 2.24) is 0 Å². The molecule has 8 nitrogen and oxygen atoms in total. The van der Waals surface area contributed by atoms with E-state index in [1.807, 2.05) is 0 Å². The van der Waals surface area contributed by atoms with Crippen LogP contribution in [0.25, 0.3) is 12.2 Å². The van der Waals surface area contributed by atoms with Gasteiger partial charge in [-0.25, -0.2) is 19.2 Å². The van der Waals surface area contributed by atoms with E-state index < -0.39 is 23.9 Å². The van der Waals surface area contributed by atoms with Crippen molar-refractivity contribution in [3.63, 3.8) is 0 Å². The molecule has 0 saturated carbocycles. The summed E-state index contributed by atoms with van der Waals surface area (Å²) in [5.41, 5.74) is 1.98. The van der Waals surface area contributed by atoms with E-state index in [4.69, 9.17) is 18.9 Å². The molecular formula is C31H24O8. The highest BCUT2D eigenvalue weighted by molar-refractivity contribution is 5.90. The molecule has 3 rings (SSSR count). The Morgan fingerprint density at radius 2 is 0.974 bits per heavy atom. The summed E-state index contributed by atoms with van der Waals surface area (Å²) in [5, 5.41) is 0. The van der Waals surface area contributed by atoms with Crippen LogP contribution < -0.4 is 18.9 Å². The van der Waals surface area contributed by atoms with Crippen LogP contribution in [-0.4, -0.2) is 23.9 Å². The largest absolute Gasteiger partial charge is 0.423 e. The van der Waals surface area contributed by atoms with E-state index in [-0.39, 0.29) is 5.75 Å². The topological polar surface area (TPSA) is 105 Å². The van der Waals surface area contributed by atoms with Crippen molar-refractivity contribution in [1.29, 1.82) is 0 Å². The number of carbonyl (C=O) groups is 4. The minimum atomic E-state index is -0.602. The first kappa shape index (κ1) is 28.1. The van der Waals surface area contributed by atoms with Gasteiger partial charge in [0, 0.05) is 24.3 Å². The molecule has 0 saturated heterocycles. The summed E-state index contributed by atoms with van der Waals surface area (Å²) in [6.07, 6.45) is 7.76. The highest BCUT2D eigenvalue weighted by Crippen LogP contribution is 2.24. The van der Waals surface area contributed by atoms with Crippen molar-refractivity contribution in [2.24, 2.45) is 0 Å². The monoisotopic (exact) mass is 524 g/mol. The highest BCUT2D eigenvalue weighted by atomic mass is 16.5. The first-order valence-corrected chi connectivity index (χ1v) is 11.5. The van der Waals surface area contributed by atoms with Crippen LogP contribution >= 0.6 is 0 Å². The molecule has 0 bridgehead atoms. The first-order valence-electron chi connectivity index (χ1n) is 11.5. The van der Waals surface area contributed by atoms with E-state index in [0.717, 1.165) is 12.2 Å². The Balaban J connectivity index is 1.52. The zero-order valence-corrected chi connectivity index (χ0v) is 21.0. The number of benzene rings is 3. The predicted molar refractivity (Wildman–Crippen MR) is 145 cm³/mol. The van der Waals surface area contributed by atoms with E-state index >= 15 is 0 Å². The van der Waals surface area contributed by atoms with Crippen LogP contribution in [0.4, 0.5) is 0 Å². The third-order valence-electron chi connectivity index (χ3n) is 4.93. The van der Waals surface area contributed by atoms with Gasteiger partial charge in [0.1, 0.15) is 23.0 Å². The normalized spacial score (nSPS) is 10.6. The lowest BCUT2D eigenvalue weighted by Gasteiger charge is -2.08. The van der Waals surface area contributed by atoms with Crippen LogP contribution in [0.3, 0.4) is 0 Å². The lowest BCUT2D eigenvalue weighted by Crippen LogP contribution is -2.06. The fourth-order valence-electron chi connectivity index (χ4n) is 3.03. The van der Waals surface area contributed by atoms with Gasteiger partial charge in [-0.15, -0.1) is 0 Å². The summed E-state index contributed by atoms with van der Waals surface area (Å²) in [7, 11) is 0. The third kappa shape index (κ3) is 9.14. The number of esters is 4. The first-order chi connectivity index (χ1) is 18.7. The molecule has 39 heavy (non-hydrogen) atoms. The number of hydrogen-bond donors (Lipinski definition) is 0. The molecule has 3 aromatic carbocycles. The van der Waals surface area contributed by atoms with Gasteiger partial charge < -0.3 is 18.9 Å². The van der Waals surface area contributed by atoms with Crippen LogP contribution in [0.5, 0.6) is 23.0 Å². The van der Waals surface area contributed by atoms with E-state index in [0.29, 0.717) is 33.9 Å². The maximum Gasteiger partial charge on any atom is 0.336 e. The molecule has 0 aliphatic carbocycles. The van der Waals surface area contributed by atoms with E-state index in [9.17, 15) is 19.2 Å². The zero-order valence-electron chi connectivity index (χ0n) is 21.0. The quantitative estimate of drug-likeness (QED) is 0.197. The Morgan fingerprint density at radius 3 is 1.41 bits per heavy atom. The average Bonchev–Trinajstić information content (AvgIpc) is 2.93. The highest BCUT2D eigenvalue weighted by Gasteiger charge is 2.08. The van der Waals surface area contributed by atoms with E-state index in [1.54, 1.807) is 73.7 Å². The van der Waals surface area contributed by atoms with Gasteiger partial charge in [-0.1, -0.05) is 37.4 Å². The molecule has 0 amide bonds. The molecule has 0 aliphatic heterocycles. The van der Waals surface area contributed by atoms with Gasteiger partial charge in [0.05, 0.1) is 0 Å². The third-order valence-corrected chi connectivity index (χ3v) is 4.93. The van der Waals surface area contributed by atoms with Crippen LogP contribution in [0.15, 0.2) is 104 Å². The van der Waals surface area contributed by atoms with Crippen LogP contribution in [0.1, 0.15) is 16.7 Å². The molecule has 0 fully saturated rings. The fraction of sp³-hybridized carbons (Fsp3) is 0.0323. The van der Waals surface area contributed by atoms with Gasteiger partial charge in [0.2, 0.25) is 0 Å². The van der Waals surface area contributed by atoms with Crippen molar-refractivity contribution in [2.75, 3.05) is 0 Å². The molecule has 0 heterocycles. The summed E-state index contributed by atoms with van der Waals surface area (Å²) in [5.74, 6) is -1.03. The Morgan fingerprint density at radius 1 is 0.564 bits per heavy atom. The molecule has 0 N–H and O–H groups in total. The molecule has 0 aromatic heterocycles. The second kappa shape index (κ2) is 13.7. The maximum absolute atomic E-state index is 12.2. The number of carbonyl (C=O) groups excluding carboxylic acids is 4. The van der Waals surface area contributed by atoms with E-state index in [2.05, 4.69) is 13.2 Å². The van der Waals surface area contributed by atoms with Crippen molar-refractivity contribution in [3.8, 4) is 23.0 Å². The van der Waals surface area contributed by atoms with Crippen molar-refractivity contribution < 1.29 is 38.1 Å². The SMILES string of the molecule is C=CC(=O)Oc1ccc(/C=C/C(=O)Oc2ccc(OC(=O)/C=C/c3ccc(OC(=O)C=C)cc3)c(C)c2)cc1. The smallest absolute Gasteiger partial charge is 0.336 e. The average molecular weight is 525 g/mol. The van der Waals surface area contributed by atoms with E-state index in [1.165, 1.54) is 24.3 Å². The zero-order chi connectivity index (χ0) is 28.2. The minimum absolute atomic E-state index is 0.279. The predicted octanol–water partition coefficient (Wildman–Crippen LogP) is 5.42. The summed E-state index contributed by atoms with van der Waals surface area (Å²) >= 11 is 0. The summed E-state index contributed by atoms with van der Waals surface area (Å²) in [6.45, 7) is 8.38. The summed E-state index contributed by atoms with van der Waals surface area (Å²) in [6, 6.07) is 17.7. The molecule has 196 valence electrons. The van der Waals surface area contributed by atoms with Crippen LogP contribution in [0, 0.1) is 6.92 Å². The molecule has 0 radical (unpaired) electrons. The Hall–Kier alpha value is -5.50. The maximum atomic E-state index is 12.2. The van der Waals surface area contributed by atoms with Gasteiger partial charge in [-0.05, 0) is 78.2 Å². The second-order valence-electron chi connectivity index (χ2n) is 7.82. The molecule has 0 aliphatic rings. The number of ether oxygens (including phenoxy) is 4. The van der Waals surface area contributed by atoms with Crippen molar-refractivity contribution in [3.05, 3.63) is 121 Å². The minimum Gasteiger partial charge on any atom is -0.423 e. The lowest BCUT2D eigenvalue weighted by molar-refractivity contribution is -0.130. The molecule has 0 spiro atoms. The molecule has 0 unspecified atom stereocenters. The number of rotatable bonds is 10. The Labute approximate surface area is 225 Å². The lowest BCUT2D eigenvalue weighted by atomic mass is 10.2.